The molecular weight excluding hydrogens is 194 g/mol. The standard InChI is InChI=1S/C10H19N3O2/c1-15-8-3-2-6-13-9-10(11-12-13)5-4-7-14/h9,14H,2-8H2,1H3. The fourth-order valence-corrected chi connectivity index (χ4v) is 1.34. The second kappa shape index (κ2) is 7.36. The first-order valence-electron chi connectivity index (χ1n) is 5.35. The van der Waals surface area contributed by atoms with Crippen LogP contribution in [0.15, 0.2) is 6.20 Å². The molecule has 0 aliphatic rings. The highest BCUT2D eigenvalue weighted by Gasteiger charge is 1.99. The van der Waals surface area contributed by atoms with E-state index in [1.54, 1.807) is 7.11 Å². The van der Waals surface area contributed by atoms with E-state index in [0.29, 0.717) is 0 Å². The average molecular weight is 213 g/mol. The van der Waals surface area contributed by atoms with E-state index in [-0.39, 0.29) is 6.61 Å². The predicted octanol–water partition coefficient (Wildman–Crippen LogP) is 0.630. The van der Waals surface area contributed by atoms with Gasteiger partial charge >= 0.3 is 0 Å². The summed E-state index contributed by atoms with van der Waals surface area (Å²) in [5.41, 5.74) is 0.954. The molecular formula is C10H19N3O2. The smallest absolute Gasteiger partial charge is 0.0828 e. The number of ether oxygens (including phenoxy) is 1. The second-order valence-corrected chi connectivity index (χ2v) is 3.50. The number of rotatable bonds is 8. The molecule has 0 aromatic carbocycles. The van der Waals surface area contributed by atoms with Crippen LogP contribution >= 0.6 is 0 Å². The SMILES string of the molecule is COCCCCn1cc(CCCO)nn1. The first-order chi connectivity index (χ1) is 7.36. The summed E-state index contributed by atoms with van der Waals surface area (Å²) in [7, 11) is 1.71. The Kier molecular flexibility index (Phi) is 5.96. The van der Waals surface area contributed by atoms with Gasteiger partial charge in [0.25, 0.3) is 0 Å². The number of aliphatic hydroxyl groups is 1. The lowest BCUT2D eigenvalue weighted by molar-refractivity contribution is 0.191. The quantitative estimate of drug-likeness (QED) is 0.643. The average Bonchev–Trinajstić information content (AvgIpc) is 2.69. The summed E-state index contributed by atoms with van der Waals surface area (Å²) in [6.07, 6.45) is 5.60. The first kappa shape index (κ1) is 12.1. The summed E-state index contributed by atoms with van der Waals surface area (Å²) >= 11 is 0. The van der Waals surface area contributed by atoms with Crippen LogP contribution in [-0.2, 0) is 17.7 Å². The van der Waals surface area contributed by atoms with E-state index in [1.165, 1.54) is 0 Å². The van der Waals surface area contributed by atoms with Crippen LogP contribution in [0.3, 0.4) is 0 Å². The molecule has 0 amide bonds. The van der Waals surface area contributed by atoms with Gasteiger partial charge in [0, 0.05) is 33.1 Å². The van der Waals surface area contributed by atoms with Gasteiger partial charge in [0.15, 0.2) is 0 Å². The molecule has 0 saturated carbocycles. The van der Waals surface area contributed by atoms with Gasteiger partial charge in [-0.3, -0.25) is 4.68 Å². The van der Waals surface area contributed by atoms with Crippen molar-refractivity contribution < 1.29 is 9.84 Å². The summed E-state index contributed by atoms with van der Waals surface area (Å²) in [6, 6.07) is 0. The number of aryl methyl sites for hydroxylation is 2. The monoisotopic (exact) mass is 213 g/mol. The highest BCUT2D eigenvalue weighted by molar-refractivity contribution is 4.91. The van der Waals surface area contributed by atoms with Crippen LogP contribution in [-0.4, -0.2) is 40.4 Å². The highest BCUT2D eigenvalue weighted by atomic mass is 16.5. The van der Waals surface area contributed by atoms with Crippen molar-refractivity contribution in [3.05, 3.63) is 11.9 Å². The van der Waals surface area contributed by atoms with Crippen LogP contribution in [0, 0.1) is 0 Å². The van der Waals surface area contributed by atoms with E-state index < -0.39 is 0 Å². The molecule has 0 unspecified atom stereocenters. The van der Waals surface area contributed by atoms with E-state index in [0.717, 1.165) is 44.5 Å². The maximum Gasteiger partial charge on any atom is 0.0828 e. The molecule has 1 heterocycles. The number of unbranched alkanes of at least 4 members (excludes halogenated alkanes) is 1. The fourth-order valence-electron chi connectivity index (χ4n) is 1.34. The van der Waals surface area contributed by atoms with Crippen molar-refractivity contribution in [2.45, 2.75) is 32.2 Å². The normalized spacial score (nSPS) is 10.8. The van der Waals surface area contributed by atoms with Gasteiger partial charge in [0.2, 0.25) is 0 Å². The molecule has 0 bridgehead atoms. The first-order valence-corrected chi connectivity index (χ1v) is 5.35. The Morgan fingerprint density at radius 1 is 1.40 bits per heavy atom. The summed E-state index contributed by atoms with van der Waals surface area (Å²) in [5.74, 6) is 0. The van der Waals surface area contributed by atoms with Gasteiger partial charge in [-0.1, -0.05) is 5.21 Å². The Morgan fingerprint density at radius 3 is 3.00 bits per heavy atom. The number of aromatic nitrogens is 3. The Balaban J connectivity index is 2.20. The molecule has 0 aliphatic carbocycles. The maximum absolute atomic E-state index is 8.67. The zero-order chi connectivity index (χ0) is 10.9. The molecule has 0 spiro atoms. The zero-order valence-electron chi connectivity index (χ0n) is 9.22. The van der Waals surface area contributed by atoms with Crippen LogP contribution in [0.25, 0.3) is 0 Å². The molecule has 0 fully saturated rings. The lowest BCUT2D eigenvalue weighted by Crippen LogP contribution is -2.00. The fraction of sp³-hybridized carbons (Fsp3) is 0.800. The minimum Gasteiger partial charge on any atom is -0.396 e. The van der Waals surface area contributed by atoms with Crippen LogP contribution in [0.5, 0.6) is 0 Å². The topological polar surface area (TPSA) is 60.2 Å². The van der Waals surface area contributed by atoms with Crippen molar-refractivity contribution in [3.8, 4) is 0 Å². The maximum atomic E-state index is 8.67. The molecule has 0 atom stereocenters. The summed E-state index contributed by atoms with van der Waals surface area (Å²) in [5, 5.41) is 16.7. The van der Waals surface area contributed by atoms with E-state index >= 15 is 0 Å². The molecule has 86 valence electrons. The number of hydrogen-bond donors (Lipinski definition) is 1. The van der Waals surface area contributed by atoms with Crippen molar-refractivity contribution in [2.24, 2.45) is 0 Å². The molecule has 0 saturated heterocycles. The minimum absolute atomic E-state index is 0.209. The molecule has 1 N–H and O–H groups in total. The molecule has 5 heteroatoms. The van der Waals surface area contributed by atoms with Gasteiger partial charge in [0.05, 0.1) is 5.69 Å². The number of aliphatic hydroxyl groups excluding tert-OH is 1. The minimum atomic E-state index is 0.209. The molecule has 1 rings (SSSR count). The third-order valence-electron chi connectivity index (χ3n) is 2.16. The van der Waals surface area contributed by atoms with Crippen LogP contribution in [0.4, 0.5) is 0 Å². The van der Waals surface area contributed by atoms with E-state index in [4.69, 9.17) is 9.84 Å². The molecule has 1 aromatic heterocycles. The summed E-state index contributed by atoms with van der Waals surface area (Å²) in [6.45, 7) is 1.89. The number of methoxy groups -OCH3 is 1. The molecule has 5 nitrogen and oxygen atoms in total. The molecule has 1 aromatic rings. The van der Waals surface area contributed by atoms with Crippen molar-refractivity contribution >= 4 is 0 Å². The lowest BCUT2D eigenvalue weighted by atomic mass is 10.2. The third kappa shape index (κ3) is 4.90. The largest absolute Gasteiger partial charge is 0.396 e. The Morgan fingerprint density at radius 2 is 2.27 bits per heavy atom. The van der Waals surface area contributed by atoms with Gasteiger partial charge in [-0.15, -0.1) is 5.10 Å². The van der Waals surface area contributed by atoms with E-state index in [9.17, 15) is 0 Å². The number of hydrogen-bond acceptors (Lipinski definition) is 4. The van der Waals surface area contributed by atoms with E-state index in [1.807, 2.05) is 10.9 Å². The van der Waals surface area contributed by atoms with Gasteiger partial charge in [-0.2, -0.15) is 0 Å². The van der Waals surface area contributed by atoms with Crippen molar-refractivity contribution in [1.29, 1.82) is 0 Å². The van der Waals surface area contributed by atoms with Gasteiger partial charge < -0.3 is 9.84 Å². The Hall–Kier alpha value is -0.940. The summed E-state index contributed by atoms with van der Waals surface area (Å²) in [4.78, 5) is 0. The van der Waals surface area contributed by atoms with Gasteiger partial charge in [0.1, 0.15) is 0 Å². The van der Waals surface area contributed by atoms with E-state index in [2.05, 4.69) is 10.3 Å². The predicted molar refractivity (Wildman–Crippen MR) is 56.5 cm³/mol. The molecule has 0 radical (unpaired) electrons. The Labute approximate surface area is 90.1 Å². The van der Waals surface area contributed by atoms with Crippen molar-refractivity contribution in [1.82, 2.24) is 15.0 Å². The molecule has 15 heavy (non-hydrogen) atoms. The van der Waals surface area contributed by atoms with Crippen molar-refractivity contribution in [3.63, 3.8) is 0 Å². The van der Waals surface area contributed by atoms with Crippen LogP contribution < -0.4 is 0 Å². The zero-order valence-corrected chi connectivity index (χ0v) is 9.22. The van der Waals surface area contributed by atoms with Crippen LogP contribution in [0.1, 0.15) is 25.0 Å². The van der Waals surface area contributed by atoms with Gasteiger partial charge in [-0.05, 0) is 25.7 Å². The summed E-state index contributed by atoms with van der Waals surface area (Å²) < 4.78 is 6.81. The van der Waals surface area contributed by atoms with Crippen LogP contribution in [0.2, 0.25) is 0 Å². The Bertz CT molecular complexity index is 263. The molecule has 0 aliphatic heterocycles. The van der Waals surface area contributed by atoms with Gasteiger partial charge in [-0.25, -0.2) is 0 Å². The second-order valence-electron chi connectivity index (χ2n) is 3.50. The lowest BCUT2D eigenvalue weighted by Gasteiger charge is -1.99. The highest BCUT2D eigenvalue weighted by Crippen LogP contribution is 1.99. The van der Waals surface area contributed by atoms with Crippen molar-refractivity contribution in [2.75, 3.05) is 20.3 Å². The third-order valence-corrected chi connectivity index (χ3v) is 2.16. The number of nitrogens with zero attached hydrogens (tertiary/aromatic N) is 3.